The Morgan fingerprint density at radius 1 is 0.605 bits per heavy atom. The number of halogens is 1. The Kier molecular flexibility index (Phi) is 13.3. The minimum Gasteiger partial charge on any atom is -0.495 e. The van der Waals surface area contributed by atoms with Crippen molar-refractivity contribution in [1.29, 1.82) is 0 Å². The molecule has 234 valence electrons. The topological polar surface area (TPSA) is 43.5 Å². The minimum atomic E-state index is 0. The highest BCUT2D eigenvalue weighted by molar-refractivity contribution is 5.85. The van der Waals surface area contributed by atoms with Crippen LogP contribution in [0.15, 0.2) is 78.9 Å². The fourth-order valence-corrected chi connectivity index (χ4v) is 6.39. The molecule has 6 rings (SSSR count). The van der Waals surface area contributed by atoms with Crippen LogP contribution in [0.25, 0.3) is 0 Å². The highest BCUT2D eigenvalue weighted by atomic mass is 35.5. The van der Waals surface area contributed by atoms with Gasteiger partial charge >= 0.3 is 0 Å². The third-order valence-corrected chi connectivity index (χ3v) is 8.81. The van der Waals surface area contributed by atoms with E-state index in [1.165, 1.54) is 49.4 Å². The Labute approximate surface area is 265 Å². The molecule has 3 aliphatic heterocycles. The van der Waals surface area contributed by atoms with Crippen molar-refractivity contribution in [3.05, 3.63) is 84.4 Å². The van der Waals surface area contributed by atoms with Crippen LogP contribution in [0, 0.1) is 5.92 Å². The number of piperidine rings is 1. The number of benzene rings is 3. The first-order valence-electron chi connectivity index (χ1n) is 15.7. The number of piperazine rings is 2. The van der Waals surface area contributed by atoms with Gasteiger partial charge in [-0.05, 0) is 61.7 Å². The summed E-state index contributed by atoms with van der Waals surface area (Å²) in [5, 5.41) is 3.34. The summed E-state index contributed by atoms with van der Waals surface area (Å²) >= 11 is 0. The van der Waals surface area contributed by atoms with Crippen molar-refractivity contribution in [1.82, 2.24) is 15.1 Å². The highest BCUT2D eigenvalue weighted by Crippen LogP contribution is 2.29. The van der Waals surface area contributed by atoms with E-state index in [2.05, 4.69) is 85.6 Å². The molecule has 3 aliphatic rings. The third kappa shape index (κ3) is 9.51. The second kappa shape index (κ2) is 17.4. The SMILES string of the molecule is COc1ccccc1N1CCN(CC2CCN(Cc3ccccc3)CC2)CC1.COc1ccccc1N1CCNCC1.Cl. The summed E-state index contributed by atoms with van der Waals surface area (Å²) in [6.45, 7) is 13.5. The van der Waals surface area contributed by atoms with Gasteiger partial charge in [-0.25, -0.2) is 0 Å². The first kappa shape index (κ1) is 32.9. The van der Waals surface area contributed by atoms with E-state index in [0.29, 0.717) is 0 Å². The number of para-hydroxylation sites is 4. The van der Waals surface area contributed by atoms with Crippen LogP contribution in [-0.4, -0.2) is 96.0 Å². The van der Waals surface area contributed by atoms with E-state index in [4.69, 9.17) is 9.47 Å². The van der Waals surface area contributed by atoms with Crippen molar-refractivity contribution < 1.29 is 9.47 Å². The average molecular weight is 608 g/mol. The number of nitrogens with zero attached hydrogens (tertiary/aromatic N) is 4. The molecule has 8 heteroatoms. The summed E-state index contributed by atoms with van der Waals surface area (Å²) < 4.78 is 10.9. The van der Waals surface area contributed by atoms with Gasteiger partial charge in [-0.3, -0.25) is 9.80 Å². The van der Waals surface area contributed by atoms with Gasteiger partial charge in [-0.15, -0.1) is 12.4 Å². The zero-order valence-corrected chi connectivity index (χ0v) is 26.8. The summed E-state index contributed by atoms with van der Waals surface area (Å²) in [5.41, 5.74) is 3.88. The first-order chi connectivity index (χ1) is 20.7. The van der Waals surface area contributed by atoms with E-state index in [0.717, 1.165) is 76.3 Å². The van der Waals surface area contributed by atoms with Crippen LogP contribution in [0.2, 0.25) is 0 Å². The molecule has 3 aromatic carbocycles. The van der Waals surface area contributed by atoms with E-state index in [1.54, 1.807) is 14.2 Å². The molecule has 0 saturated carbocycles. The van der Waals surface area contributed by atoms with Gasteiger partial charge in [0.25, 0.3) is 0 Å². The van der Waals surface area contributed by atoms with Crippen LogP contribution in [0.3, 0.4) is 0 Å². The van der Waals surface area contributed by atoms with Crippen molar-refractivity contribution in [3.63, 3.8) is 0 Å². The maximum absolute atomic E-state index is 5.54. The summed E-state index contributed by atoms with van der Waals surface area (Å²) in [4.78, 5) is 10.1. The van der Waals surface area contributed by atoms with Crippen molar-refractivity contribution in [2.45, 2.75) is 19.4 Å². The van der Waals surface area contributed by atoms with Gasteiger partial charge in [0.2, 0.25) is 0 Å². The van der Waals surface area contributed by atoms with E-state index < -0.39 is 0 Å². The first-order valence-corrected chi connectivity index (χ1v) is 15.7. The molecule has 0 radical (unpaired) electrons. The van der Waals surface area contributed by atoms with Gasteiger partial charge in [0.1, 0.15) is 11.5 Å². The van der Waals surface area contributed by atoms with E-state index in [9.17, 15) is 0 Å². The lowest BCUT2D eigenvalue weighted by molar-refractivity contribution is 0.135. The summed E-state index contributed by atoms with van der Waals surface area (Å²) in [5.74, 6) is 2.81. The van der Waals surface area contributed by atoms with Crippen LogP contribution in [-0.2, 0) is 6.54 Å². The largest absolute Gasteiger partial charge is 0.495 e. The van der Waals surface area contributed by atoms with Gasteiger partial charge in [0, 0.05) is 65.4 Å². The molecule has 3 fully saturated rings. The highest BCUT2D eigenvalue weighted by Gasteiger charge is 2.25. The van der Waals surface area contributed by atoms with Crippen LogP contribution < -0.4 is 24.6 Å². The fraction of sp³-hybridized carbons (Fsp3) is 0.486. The average Bonchev–Trinajstić information content (AvgIpc) is 3.07. The predicted molar refractivity (Wildman–Crippen MR) is 181 cm³/mol. The molecule has 7 nitrogen and oxygen atoms in total. The Morgan fingerprint density at radius 2 is 1.12 bits per heavy atom. The number of hydrogen-bond donors (Lipinski definition) is 1. The number of nitrogens with one attached hydrogen (secondary N) is 1. The van der Waals surface area contributed by atoms with Gasteiger partial charge in [-0.1, -0.05) is 54.6 Å². The van der Waals surface area contributed by atoms with E-state index >= 15 is 0 Å². The van der Waals surface area contributed by atoms with E-state index in [1.807, 2.05) is 18.2 Å². The molecule has 1 N–H and O–H groups in total. The van der Waals surface area contributed by atoms with Crippen LogP contribution >= 0.6 is 12.4 Å². The zero-order chi connectivity index (χ0) is 29.0. The predicted octanol–water partition coefficient (Wildman–Crippen LogP) is 5.26. The number of methoxy groups -OCH3 is 2. The monoisotopic (exact) mass is 607 g/mol. The van der Waals surface area contributed by atoms with Gasteiger partial charge < -0.3 is 24.6 Å². The maximum Gasteiger partial charge on any atom is 0.142 e. The second-order valence-electron chi connectivity index (χ2n) is 11.6. The van der Waals surface area contributed by atoms with Crippen LogP contribution in [0.4, 0.5) is 11.4 Å². The fourth-order valence-electron chi connectivity index (χ4n) is 6.39. The quantitative estimate of drug-likeness (QED) is 0.375. The van der Waals surface area contributed by atoms with Crippen LogP contribution in [0.1, 0.15) is 18.4 Å². The number of likely N-dealkylation sites (tertiary alicyclic amines) is 1. The summed E-state index contributed by atoms with van der Waals surface area (Å²) in [6, 6.07) is 27.5. The number of ether oxygens (including phenoxy) is 2. The molecule has 0 spiro atoms. The Balaban J connectivity index is 0.000000238. The minimum absolute atomic E-state index is 0. The molecule has 0 unspecified atom stereocenters. The number of anilines is 2. The molecule has 0 aromatic heterocycles. The molecule has 0 aliphatic carbocycles. The number of hydrogen-bond acceptors (Lipinski definition) is 7. The molecule has 0 atom stereocenters. The zero-order valence-electron chi connectivity index (χ0n) is 26.0. The Bertz CT molecular complexity index is 1190. The molecule has 0 bridgehead atoms. The van der Waals surface area contributed by atoms with Gasteiger partial charge in [0.05, 0.1) is 25.6 Å². The molecule has 3 heterocycles. The molecule has 3 saturated heterocycles. The van der Waals surface area contributed by atoms with Crippen molar-refractivity contribution >= 4 is 23.8 Å². The van der Waals surface area contributed by atoms with Crippen molar-refractivity contribution in [2.75, 3.05) is 96.0 Å². The van der Waals surface area contributed by atoms with Gasteiger partial charge in [0.15, 0.2) is 0 Å². The lowest BCUT2D eigenvalue weighted by Crippen LogP contribution is -2.49. The Hall–Kier alpha value is -2.97. The second-order valence-corrected chi connectivity index (χ2v) is 11.6. The van der Waals surface area contributed by atoms with Gasteiger partial charge in [-0.2, -0.15) is 0 Å². The standard InChI is InChI=1S/C24H33N3O.C11H16N2O.ClH/c1-28-24-10-6-5-9-23(24)27-17-15-26(16-18-27)20-22-11-13-25(14-12-22)19-21-7-3-2-4-8-21;1-14-11-5-3-2-4-10(11)13-8-6-12-7-9-13;/h2-10,22H,11-20H2,1H3;2-5,12H,6-9H2,1H3;1H. The Morgan fingerprint density at radius 3 is 1.67 bits per heavy atom. The lowest BCUT2D eigenvalue weighted by atomic mass is 9.95. The maximum atomic E-state index is 5.54. The molecule has 43 heavy (non-hydrogen) atoms. The van der Waals surface area contributed by atoms with Crippen LogP contribution in [0.5, 0.6) is 11.5 Å². The van der Waals surface area contributed by atoms with E-state index in [-0.39, 0.29) is 12.4 Å². The molecular weight excluding hydrogens is 558 g/mol. The smallest absolute Gasteiger partial charge is 0.142 e. The molecule has 0 amide bonds. The normalized spacial score (nSPS) is 18.3. The van der Waals surface area contributed by atoms with Crippen molar-refractivity contribution in [2.24, 2.45) is 5.92 Å². The van der Waals surface area contributed by atoms with Crippen molar-refractivity contribution in [3.8, 4) is 11.5 Å². The number of rotatable bonds is 8. The third-order valence-electron chi connectivity index (χ3n) is 8.81. The summed E-state index contributed by atoms with van der Waals surface area (Å²) in [6.07, 6.45) is 2.67. The lowest BCUT2D eigenvalue weighted by Gasteiger charge is -2.40. The molecular formula is C35H50ClN5O2. The summed E-state index contributed by atoms with van der Waals surface area (Å²) in [7, 11) is 3.49. The molecule has 3 aromatic rings.